The molecule has 0 amide bonds. The van der Waals surface area contributed by atoms with Crippen LogP contribution in [0.5, 0.6) is 11.5 Å². The van der Waals surface area contributed by atoms with Crippen molar-refractivity contribution in [3.63, 3.8) is 0 Å². The molecule has 0 spiro atoms. The zero-order valence-electron chi connectivity index (χ0n) is 18.1. The predicted octanol–water partition coefficient (Wildman–Crippen LogP) is 5.77. The van der Waals surface area contributed by atoms with Gasteiger partial charge in [0.2, 0.25) is 0 Å². The first kappa shape index (κ1) is 20.8. The Morgan fingerprint density at radius 1 is 0.970 bits per heavy atom. The topological polar surface area (TPSA) is 73.6 Å². The molecule has 4 aromatic rings. The standard InChI is InChI=1S/C27H24N2O4/c30-26(31)18-33-23-14-15-25-24(16-23)28-27(29(25)21-8-4-5-9-21)20-10-12-22(13-11-20)32-17-19-6-2-1-3-7-19/h1-3,6-8,10-16H,4-5,9,17-18H2,(H,30,31). The predicted molar refractivity (Wildman–Crippen MR) is 127 cm³/mol. The van der Waals surface area contributed by atoms with Crippen LogP contribution in [0.2, 0.25) is 0 Å². The lowest BCUT2D eigenvalue weighted by Crippen LogP contribution is -2.09. The summed E-state index contributed by atoms with van der Waals surface area (Å²) in [5.41, 5.74) is 5.09. The van der Waals surface area contributed by atoms with Gasteiger partial charge >= 0.3 is 5.97 Å². The van der Waals surface area contributed by atoms with E-state index in [0.717, 1.165) is 53.0 Å². The lowest BCUT2D eigenvalue weighted by Gasteiger charge is -2.12. The van der Waals surface area contributed by atoms with Gasteiger partial charge in [0, 0.05) is 17.3 Å². The summed E-state index contributed by atoms with van der Waals surface area (Å²) < 4.78 is 13.5. The Kier molecular flexibility index (Phi) is 5.81. The smallest absolute Gasteiger partial charge is 0.341 e. The van der Waals surface area contributed by atoms with E-state index in [1.807, 2.05) is 60.7 Å². The summed E-state index contributed by atoms with van der Waals surface area (Å²) in [6.07, 6.45) is 5.44. The Hall–Kier alpha value is -4.06. The molecule has 0 saturated carbocycles. The molecule has 1 heterocycles. The van der Waals surface area contributed by atoms with Crippen molar-refractivity contribution >= 4 is 22.7 Å². The summed E-state index contributed by atoms with van der Waals surface area (Å²) >= 11 is 0. The number of carboxylic acid groups (broad SMARTS) is 1. The van der Waals surface area contributed by atoms with Crippen molar-refractivity contribution in [3.05, 3.63) is 84.4 Å². The second-order valence-electron chi connectivity index (χ2n) is 7.99. The number of imidazole rings is 1. The number of fused-ring (bicyclic) bond motifs is 1. The summed E-state index contributed by atoms with van der Waals surface area (Å²) in [6.45, 7) is 0.138. The first-order valence-corrected chi connectivity index (χ1v) is 11.0. The molecule has 1 aliphatic rings. The number of benzene rings is 3. The van der Waals surface area contributed by atoms with E-state index in [4.69, 9.17) is 19.6 Å². The summed E-state index contributed by atoms with van der Waals surface area (Å²) in [4.78, 5) is 15.7. The van der Waals surface area contributed by atoms with Crippen molar-refractivity contribution < 1.29 is 19.4 Å². The van der Waals surface area contributed by atoms with Gasteiger partial charge < -0.3 is 14.6 Å². The Morgan fingerprint density at radius 2 is 1.76 bits per heavy atom. The van der Waals surface area contributed by atoms with E-state index in [-0.39, 0.29) is 6.61 Å². The van der Waals surface area contributed by atoms with Crippen LogP contribution < -0.4 is 9.47 Å². The average molecular weight is 440 g/mol. The molecule has 1 aliphatic carbocycles. The van der Waals surface area contributed by atoms with E-state index >= 15 is 0 Å². The molecule has 5 rings (SSSR count). The molecular formula is C27H24N2O4. The molecule has 33 heavy (non-hydrogen) atoms. The maximum atomic E-state index is 10.8. The van der Waals surface area contributed by atoms with E-state index in [0.29, 0.717) is 12.4 Å². The average Bonchev–Trinajstić information content (AvgIpc) is 3.50. The number of rotatable bonds is 8. The summed E-state index contributed by atoms with van der Waals surface area (Å²) in [6, 6.07) is 23.6. The number of aromatic nitrogens is 2. The first-order chi connectivity index (χ1) is 16.2. The molecule has 0 bridgehead atoms. The second kappa shape index (κ2) is 9.20. The van der Waals surface area contributed by atoms with Gasteiger partial charge in [-0.3, -0.25) is 4.57 Å². The molecule has 6 heteroatoms. The van der Waals surface area contributed by atoms with Crippen molar-refractivity contribution in [2.24, 2.45) is 0 Å². The summed E-state index contributed by atoms with van der Waals surface area (Å²) in [5.74, 6) is 1.14. The molecule has 0 radical (unpaired) electrons. The molecular weight excluding hydrogens is 416 g/mol. The van der Waals surface area contributed by atoms with Crippen LogP contribution in [0.3, 0.4) is 0 Å². The Bertz CT molecular complexity index is 1310. The molecule has 3 aromatic carbocycles. The number of allylic oxidation sites excluding steroid dienone is 2. The van der Waals surface area contributed by atoms with Crippen molar-refractivity contribution in [1.29, 1.82) is 0 Å². The highest BCUT2D eigenvalue weighted by Gasteiger charge is 2.18. The van der Waals surface area contributed by atoms with Crippen molar-refractivity contribution in [2.75, 3.05) is 6.61 Å². The van der Waals surface area contributed by atoms with Gasteiger partial charge in [-0.1, -0.05) is 36.4 Å². The van der Waals surface area contributed by atoms with Crippen LogP contribution in [0.4, 0.5) is 0 Å². The lowest BCUT2D eigenvalue weighted by atomic mass is 10.2. The molecule has 0 unspecified atom stereocenters. The van der Waals surface area contributed by atoms with Crippen molar-refractivity contribution in [3.8, 4) is 22.9 Å². The number of hydrogen-bond donors (Lipinski definition) is 1. The molecule has 166 valence electrons. The minimum atomic E-state index is -1.01. The zero-order valence-corrected chi connectivity index (χ0v) is 18.1. The van der Waals surface area contributed by atoms with Crippen LogP contribution in [0, 0.1) is 0 Å². The van der Waals surface area contributed by atoms with Gasteiger partial charge in [-0.05, 0) is 61.2 Å². The molecule has 6 nitrogen and oxygen atoms in total. The number of hydrogen-bond acceptors (Lipinski definition) is 4. The van der Waals surface area contributed by atoms with E-state index < -0.39 is 5.97 Å². The van der Waals surface area contributed by atoms with E-state index in [1.165, 1.54) is 5.70 Å². The number of carbonyl (C=O) groups is 1. The number of nitrogens with zero attached hydrogens (tertiary/aromatic N) is 2. The van der Waals surface area contributed by atoms with E-state index in [9.17, 15) is 4.79 Å². The number of ether oxygens (including phenoxy) is 2. The second-order valence-corrected chi connectivity index (χ2v) is 7.99. The van der Waals surface area contributed by atoms with Crippen LogP contribution in [-0.4, -0.2) is 27.2 Å². The Morgan fingerprint density at radius 3 is 2.48 bits per heavy atom. The normalized spacial score (nSPS) is 13.2. The SMILES string of the molecule is O=C(O)COc1ccc2c(c1)nc(-c1ccc(OCc3ccccc3)cc1)n2C1=CCCC1. The van der Waals surface area contributed by atoms with Gasteiger partial charge in [0.05, 0.1) is 11.0 Å². The number of carboxylic acids is 1. The Balaban J connectivity index is 1.45. The fourth-order valence-corrected chi connectivity index (χ4v) is 4.08. The van der Waals surface area contributed by atoms with Crippen LogP contribution in [-0.2, 0) is 11.4 Å². The minimum Gasteiger partial charge on any atom is -0.489 e. The fraction of sp³-hybridized carbons (Fsp3) is 0.185. The lowest BCUT2D eigenvalue weighted by molar-refractivity contribution is -0.139. The van der Waals surface area contributed by atoms with Crippen LogP contribution >= 0.6 is 0 Å². The third kappa shape index (κ3) is 4.60. The monoisotopic (exact) mass is 440 g/mol. The van der Waals surface area contributed by atoms with Gasteiger partial charge in [0.15, 0.2) is 6.61 Å². The van der Waals surface area contributed by atoms with Crippen LogP contribution in [0.25, 0.3) is 28.1 Å². The van der Waals surface area contributed by atoms with Gasteiger partial charge in [-0.2, -0.15) is 0 Å². The minimum absolute atomic E-state index is 0.380. The van der Waals surface area contributed by atoms with Gasteiger partial charge in [0.25, 0.3) is 0 Å². The molecule has 1 aromatic heterocycles. The first-order valence-electron chi connectivity index (χ1n) is 11.0. The van der Waals surface area contributed by atoms with Crippen molar-refractivity contribution in [1.82, 2.24) is 9.55 Å². The van der Waals surface area contributed by atoms with Crippen LogP contribution in [0.15, 0.2) is 78.9 Å². The molecule has 0 atom stereocenters. The van der Waals surface area contributed by atoms with Gasteiger partial charge in [-0.25, -0.2) is 9.78 Å². The molecule has 0 saturated heterocycles. The fourth-order valence-electron chi connectivity index (χ4n) is 4.08. The summed E-state index contributed by atoms with van der Waals surface area (Å²) in [5, 5.41) is 8.89. The highest BCUT2D eigenvalue weighted by atomic mass is 16.5. The third-order valence-corrected chi connectivity index (χ3v) is 5.65. The van der Waals surface area contributed by atoms with E-state index in [2.05, 4.69) is 10.6 Å². The maximum Gasteiger partial charge on any atom is 0.341 e. The maximum absolute atomic E-state index is 10.8. The molecule has 0 aliphatic heterocycles. The quantitative estimate of drug-likeness (QED) is 0.376. The third-order valence-electron chi connectivity index (χ3n) is 5.65. The largest absolute Gasteiger partial charge is 0.489 e. The highest BCUT2D eigenvalue weighted by Crippen LogP contribution is 2.34. The van der Waals surface area contributed by atoms with Gasteiger partial charge in [0.1, 0.15) is 23.9 Å². The zero-order chi connectivity index (χ0) is 22.6. The van der Waals surface area contributed by atoms with Crippen molar-refractivity contribution in [2.45, 2.75) is 25.9 Å². The Labute approximate surface area is 191 Å². The van der Waals surface area contributed by atoms with Crippen LogP contribution in [0.1, 0.15) is 24.8 Å². The van der Waals surface area contributed by atoms with Gasteiger partial charge in [-0.15, -0.1) is 0 Å². The van der Waals surface area contributed by atoms with E-state index in [1.54, 1.807) is 12.1 Å². The molecule has 1 N–H and O–H groups in total. The highest BCUT2D eigenvalue weighted by molar-refractivity contribution is 5.86. The number of aliphatic carboxylic acids is 1. The molecule has 0 fully saturated rings. The summed E-state index contributed by atoms with van der Waals surface area (Å²) in [7, 11) is 0.